The maximum Gasteiger partial charge on any atom is 0.303 e. The zero-order chi connectivity index (χ0) is 75.0. The van der Waals surface area contributed by atoms with Crippen LogP contribution in [0.3, 0.4) is 0 Å². The zero-order valence-corrected chi connectivity index (χ0v) is 66.4. The van der Waals surface area contributed by atoms with Gasteiger partial charge < -0.3 is 75.8 Å². The topological polar surface area (TPSA) is 233 Å². The van der Waals surface area contributed by atoms with Gasteiger partial charge in [-0.2, -0.15) is 0 Å². The predicted octanol–water partition coefficient (Wildman–Crippen LogP) is 14.7. The fourth-order valence-corrected chi connectivity index (χ4v) is 21.4. The van der Waals surface area contributed by atoms with Crippen molar-refractivity contribution in [2.24, 2.45) is 87.3 Å². The minimum atomic E-state index is -1.13. The van der Waals surface area contributed by atoms with Gasteiger partial charge in [0.2, 0.25) is 6.29 Å². The molecule has 10 rings (SSSR count). The molecule has 4 saturated carbocycles. The Morgan fingerprint density at radius 1 is 0.412 bits per heavy atom. The summed E-state index contributed by atoms with van der Waals surface area (Å²) in [6.45, 7) is 51.7. The summed E-state index contributed by atoms with van der Waals surface area (Å²) in [5.41, 5.74) is 1.41. The molecular weight excluding hydrogens is 1310 g/mol. The minimum Gasteiger partial charge on any atom is -0.457 e. The highest BCUT2D eigenvalue weighted by atomic mass is 16.8. The number of hydrogen-bond acceptors (Lipinski definition) is 21. The van der Waals surface area contributed by atoms with Crippen molar-refractivity contribution in [3.63, 3.8) is 0 Å². The lowest BCUT2D eigenvalue weighted by atomic mass is 9.41. The molecule has 0 aromatic rings. The first kappa shape index (κ1) is 82.7. The maximum atomic E-state index is 12.7. The van der Waals surface area contributed by atoms with Crippen LogP contribution in [0.1, 0.15) is 256 Å². The fraction of sp³-hybridized carbons (Fsp3) is 0.914. The van der Waals surface area contributed by atoms with Gasteiger partial charge in [0.25, 0.3) is 6.47 Å². The van der Waals surface area contributed by atoms with Gasteiger partial charge >= 0.3 is 23.9 Å². The molecule has 30 unspecified atom stereocenters. The smallest absolute Gasteiger partial charge is 0.303 e. The van der Waals surface area contributed by atoms with Crippen molar-refractivity contribution in [1.29, 1.82) is 0 Å². The van der Waals surface area contributed by atoms with Crippen LogP contribution in [0.4, 0.5) is 0 Å². The summed E-state index contributed by atoms with van der Waals surface area (Å²) >= 11 is 0. The van der Waals surface area contributed by atoms with E-state index in [2.05, 4.69) is 90.0 Å². The first-order valence-corrected chi connectivity index (χ1v) is 39.8. The van der Waals surface area contributed by atoms with Crippen LogP contribution in [-0.4, -0.2) is 159 Å². The molecule has 4 aliphatic carbocycles. The molecule has 21 nitrogen and oxygen atoms in total. The number of hydrogen-bond donors (Lipinski definition) is 0. The van der Waals surface area contributed by atoms with Crippen molar-refractivity contribution in [3.8, 4) is 0 Å². The quantitative estimate of drug-likeness (QED) is 0.0322. The lowest BCUT2D eigenvalue weighted by Crippen LogP contribution is -2.64. The van der Waals surface area contributed by atoms with Crippen LogP contribution < -0.4 is 0 Å². The molecule has 6 aliphatic heterocycles. The van der Waals surface area contributed by atoms with Gasteiger partial charge in [-0.05, 0) is 147 Å². The Labute approximate surface area is 611 Å². The molecule has 21 heteroatoms. The molecule has 35 atom stereocenters. The molecule has 0 aromatic carbocycles. The zero-order valence-electron chi connectivity index (χ0n) is 66.4. The molecule has 10 fully saturated rings. The summed E-state index contributed by atoms with van der Waals surface area (Å²) in [5.74, 6) is -0.318. The Morgan fingerprint density at radius 2 is 0.735 bits per heavy atom. The Balaban J connectivity index is 0.000000254. The molecule has 584 valence electrons. The maximum absolute atomic E-state index is 12.7. The number of ether oxygens (including phenoxy) is 16. The third-order valence-electron chi connectivity index (χ3n) is 27.8. The second kappa shape index (κ2) is 34.1. The molecule has 6 saturated heterocycles. The van der Waals surface area contributed by atoms with Crippen molar-refractivity contribution >= 4 is 30.3 Å². The van der Waals surface area contributed by atoms with Crippen LogP contribution in [0.25, 0.3) is 0 Å². The first-order valence-electron chi connectivity index (χ1n) is 39.8. The van der Waals surface area contributed by atoms with Crippen molar-refractivity contribution in [2.45, 2.75) is 384 Å². The summed E-state index contributed by atoms with van der Waals surface area (Å²) in [7, 11) is 0. The van der Waals surface area contributed by atoms with Crippen LogP contribution in [-0.2, 0) is 99.8 Å². The monoisotopic (exact) mass is 1440 g/mol. The van der Waals surface area contributed by atoms with E-state index in [0.717, 1.165) is 63.7 Å². The third kappa shape index (κ3) is 16.8. The number of carbonyl (C=O) groups is 5. The highest BCUT2D eigenvalue weighted by Crippen LogP contribution is 2.74. The van der Waals surface area contributed by atoms with E-state index in [-0.39, 0.29) is 113 Å². The van der Waals surface area contributed by atoms with Crippen molar-refractivity contribution in [2.75, 3.05) is 0 Å². The SMILES string of the molecule is C=C1C[C@@]23CC[C@@H]4C(C)(C)CCC[C@@]4(C)[C@@H]2CC[C@]1(OC1OC(CC)C(C)C(OC2OC(CC)C(C)C(C)C2OC(C)=O)C1OC1OC(CC)C(C)C(C)C1OC(C)=O)C3.CCC1OC(OC2C(OC=O)OC(CC)C(C)C2OC2OC(CC)C(C)C(C)C2OC(C)=O)C(OC(C)=O)C(C)C1C. The standard InChI is InChI=1S/C50H82O10.C31H52O11/c1-15-35-28(5)30(7)41(53-33(10)51)44(55-35)58-40-32(9)37(17-3)57-46(43(40)59-45-42(54-34(11)52)31(8)29(6)36(16-2)56-45)60-50-24-20-39-48(14)22-18-21-47(12,13)38(48)19-23-49(39,26-50)25-27(50)4;1-11-22-15(4)17(6)26(36-20(9)33)30(39-22)41-25-19(8)24(13-3)38-29(35-14-32)28(25)42-31-27(37-21(10)34)18(7)16(5)23(12-2)40-31/h28-32,35-46H,4,15-26H2,1-3,5-14H3;14-19,22-31H,11-13H2,1-10H3/t28?,29?,30?,31?,32?,35?,36?,37?,38-,39+,40?,41?,42?,43?,44?,45?,46?,48-,49-,50+;/m1./s1. The summed E-state index contributed by atoms with van der Waals surface area (Å²) in [5, 5.41) is 0. The molecule has 1 spiro atoms. The Hall–Kier alpha value is -3.35. The van der Waals surface area contributed by atoms with Gasteiger partial charge in [0.05, 0.1) is 54.4 Å². The van der Waals surface area contributed by atoms with Gasteiger partial charge in [-0.3, -0.25) is 24.0 Å². The summed E-state index contributed by atoms with van der Waals surface area (Å²) in [6, 6.07) is 0. The molecule has 0 amide bonds. The van der Waals surface area contributed by atoms with E-state index in [1.54, 1.807) is 0 Å². The highest BCUT2D eigenvalue weighted by Gasteiger charge is 2.68. The van der Waals surface area contributed by atoms with Crippen molar-refractivity contribution < 1.29 is 99.8 Å². The van der Waals surface area contributed by atoms with E-state index < -0.39 is 104 Å². The van der Waals surface area contributed by atoms with E-state index in [4.69, 9.17) is 82.4 Å². The van der Waals surface area contributed by atoms with Gasteiger partial charge in [-0.1, -0.05) is 145 Å². The van der Waals surface area contributed by atoms with Crippen LogP contribution >= 0.6 is 0 Å². The summed E-state index contributed by atoms with van der Waals surface area (Å²) in [4.78, 5) is 61.2. The van der Waals surface area contributed by atoms with E-state index in [0.29, 0.717) is 29.6 Å². The van der Waals surface area contributed by atoms with Crippen molar-refractivity contribution in [1.82, 2.24) is 0 Å². The van der Waals surface area contributed by atoms with E-state index in [1.165, 1.54) is 65.4 Å². The van der Waals surface area contributed by atoms with Gasteiger partial charge in [-0.15, -0.1) is 0 Å². The first-order chi connectivity index (χ1) is 48.1. The van der Waals surface area contributed by atoms with Crippen LogP contribution in [0.5, 0.6) is 0 Å². The predicted molar refractivity (Wildman–Crippen MR) is 380 cm³/mol. The van der Waals surface area contributed by atoms with E-state index in [1.807, 2.05) is 41.5 Å². The normalized spacial score (nSPS) is 47.6. The lowest BCUT2D eigenvalue weighted by molar-refractivity contribution is -0.387. The molecule has 10 aliphatic rings. The van der Waals surface area contributed by atoms with Crippen LogP contribution in [0.15, 0.2) is 12.2 Å². The van der Waals surface area contributed by atoms with Gasteiger partial charge in [0, 0.05) is 63.2 Å². The van der Waals surface area contributed by atoms with Gasteiger partial charge in [0.1, 0.15) is 12.2 Å². The summed E-state index contributed by atoms with van der Waals surface area (Å²) < 4.78 is 104. The second-order valence-corrected chi connectivity index (χ2v) is 34.2. The largest absolute Gasteiger partial charge is 0.457 e. The molecule has 0 radical (unpaired) electrons. The third-order valence-corrected chi connectivity index (χ3v) is 27.8. The molecule has 0 N–H and O–H groups in total. The molecule has 6 heterocycles. The van der Waals surface area contributed by atoms with Crippen LogP contribution in [0.2, 0.25) is 0 Å². The lowest BCUT2D eigenvalue weighted by Gasteiger charge is -2.64. The molecule has 102 heavy (non-hydrogen) atoms. The average molecular weight is 1440 g/mol. The Morgan fingerprint density at radius 3 is 1.09 bits per heavy atom. The van der Waals surface area contributed by atoms with Gasteiger partial charge in [-0.25, -0.2) is 0 Å². The number of esters is 4. The number of fused-ring (bicyclic) bond motifs is 3. The van der Waals surface area contributed by atoms with Crippen LogP contribution in [0, 0.1) is 87.3 Å². The summed E-state index contributed by atoms with van der Waals surface area (Å²) in [6.07, 6.45) is 2.44. The fourth-order valence-electron chi connectivity index (χ4n) is 21.4. The molecular formula is C81H134O21. The minimum absolute atomic E-state index is 0.0115. The van der Waals surface area contributed by atoms with E-state index >= 15 is 0 Å². The molecule has 0 aromatic heterocycles. The van der Waals surface area contributed by atoms with Crippen molar-refractivity contribution in [3.05, 3.63) is 12.2 Å². The average Bonchev–Trinajstić information content (AvgIpc) is 1.49. The number of carbonyl (C=O) groups excluding carboxylic acids is 5. The second-order valence-electron chi connectivity index (χ2n) is 34.2. The Kier molecular flexibility index (Phi) is 27.6. The molecule has 2 bridgehead atoms. The van der Waals surface area contributed by atoms with Gasteiger partial charge in [0.15, 0.2) is 55.9 Å². The number of rotatable bonds is 22. The Bertz CT molecular complexity index is 2820. The highest BCUT2D eigenvalue weighted by molar-refractivity contribution is 5.67. The van der Waals surface area contributed by atoms with E-state index in [9.17, 15) is 24.0 Å².